The van der Waals surface area contributed by atoms with Crippen LogP contribution in [-0.2, 0) is 9.59 Å². The molecule has 3 atom stereocenters. The Morgan fingerprint density at radius 2 is 1.88 bits per heavy atom. The van der Waals surface area contributed by atoms with Crippen molar-refractivity contribution in [2.24, 2.45) is 11.8 Å². The smallest absolute Gasteiger partial charge is 0.227 e. The minimum absolute atomic E-state index is 0.0311. The highest BCUT2D eigenvalue weighted by Gasteiger charge is 2.36. The molecule has 1 heterocycles. The lowest BCUT2D eigenvalue weighted by atomic mass is 9.74. The highest BCUT2D eigenvalue weighted by atomic mass is 16.2. The molecule has 0 radical (unpaired) electrons. The summed E-state index contributed by atoms with van der Waals surface area (Å²) in [5, 5.41) is 6.46. The third-order valence-electron chi connectivity index (χ3n) is 3.72. The highest BCUT2D eigenvalue weighted by Crippen LogP contribution is 2.31. The van der Waals surface area contributed by atoms with E-state index in [1.54, 1.807) is 0 Å². The Labute approximate surface area is 96.2 Å². The van der Waals surface area contributed by atoms with Gasteiger partial charge in [-0.1, -0.05) is 6.42 Å². The predicted octanol–water partition coefficient (Wildman–Crippen LogP) is 0.470. The van der Waals surface area contributed by atoms with Crippen LogP contribution < -0.4 is 10.6 Å². The molecule has 0 aromatic heterocycles. The number of Topliss-reactive ketones (excluding diaryl/α,β-unsaturated/α-hetero) is 1. The molecule has 90 valence electrons. The summed E-state index contributed by atoms with van der Waals surface area (Å²) >= 11 is 0. The van der Waals surface area contributed by atoms with E-state index >= 15 is 0 Å². The molecule has 2 bridgehead atoms. The first kappa shape index (κ1) is 11.6. The molecule has 1 unspecified atom stereocenters. The van der Waals surface area contributed by atoms with Crippen LogP contribution in [0.4, 0.5) is 0 Å². The summed E-state index contributed by atoms with van der Waals surface area (Å²) < 4.78 is 0. The van der Waals surface area contributed by atoms with E-state index in [0.29, 0.717) is 17.9 Å². The summed E-state index contributed by atoms with van der Waals surface area (Å²) in [6.07, 6.45) is 3.68. The minimum Gasteiger partial charge on any atom is -0.352 e. The van der Waals surface area contributed by atoms with Gasteiger partial charge in [-0.2, -0.15) is 0 Å². The van der Waals surface area contributed by atoms with Crippen molar-refractivity contribution in [2.75, 3.05) is 13.1 Å². The molecule has 1 aliphatic carbocycles. The van der Waals surface area contributed by atoms with Crippen LogP contribution in [0.1, 0.15) is 32.6 Å². The van der Waals surface area contributed by atoms with Gasteiger partial charge in [0.1, 0.15) is 5.78 Å². The fraction of sp³-hybridized carbons (Fsp3) is 0.833. The number of rotatable bonds is 3. The maximum Gasteiger partial charge on any atom is 0.227 e. The molecule has 1 saturated carbocycles. The maximum atomic E-state index is 11.6. The van der Waals surface area contributed by atoms with E-state index < -0.39 is 0 Å². The number of piperidine rings is 1. The number of amides is 1. The fourth-order valence-corrected chi connectivity index (χ4v) is 3.00. The van der Waals surface area contributed by atoms with Gasteiger partial charge < -0.3 is 10.6 Å². The molecule has 0 spiro atoms. The SMILES string of the molecule is CC(=O)CC(=O)NC1[C@@H]2CCC[C@H]1CNC2. The van der Waals surface area contributed by atoms with Crippen LogP contribution in [0.25, 0.3) is 0 Å². The van der Waals surface area contributed by atoms with E-state index in [2.05, 4.69) is 10.6 Å². The van der Waals surface area contributed by atoms with Crippen molar-refractivity contribution < 1.29 is 9.59 Å². The van der Waals surface area contributed by atoms with Gasteiger partial charge >= 0.3 is 0 Å². The number of hydrogen-bond donors (Lipinski definition) is 2. The number of ketones is 1. The van der Waals surface area contributed by atoms with Crippen molar-refractivity contribution in [3.05, 3.63) is 0 Å². The van der Waals surface area contributed by atoms with Gasteiger partial charge in [-0.3, -0.25) is 9.59 Å². The number of carbonyl (C=O) groups is 2. The molecule has 2 fully saturated rings. The second-order valence-electron chi connectivity index (χ2n) is 5.08. The zero-order valence-electron chi connectivity index (χ0n) is 9.79. The van der Waals surface area contributed by atoms with Crippen LogP contribution in [0.3, 0.4) is 0 Å². The summed E-state index contributed by atoms with van der Waals surface area (Å²) in [6.45, 7) is 3.46. The van der Waals surface area contributed by atoms with E-state index in [1.165, 1.54) is 26.2 Å². The normalized spacial score (nSPS) is 33.2. The monoisotopic (exact) mass is 224 g/mol. The fourth-order valence-electron chi connectivity index (χ4n) is 3.00. The Hall–Kier alpha value is -0.900. The van der Waals surface area contributed by atoms with Crippen molar-refractivity contribution in [1.82, 2.24) is 10.6 Å². The van der Waals surface area contributed by atoms with E-state index in [9.17, 15) is 9.59 Å². The van der Waals surface area contributed by atoms with Gasteiger partial charge in [0.25, 0.3) is 0 Å². The molecule has 1 saturated heterocycles. The standard InChI is InChI=1S/C12H20N2O2/c1-8(15)5-11(16)14-12-9-3-2-4-10(12)7-13-6-9/h9-10,12-13H,2-7H2,1H3,(H,14,16)/t9-,10+,12?. The molecule has 2 N–H and O–H groups in total. The predicted molar refractivity (Wildman–Crippen MR) is 60.9 cm³/mol. The first-order chi connectivity index (χ1) is 7.66. The van der Waals surface area contributed by atoms with Crippen molar-refractivity contribution in [2.45, 2.75) is 38.6 Å². The molecule has 4 nitrogen and oxygen atoms in total. The van der Waals surface area contributed by atoms with Gasteiger partial charge in [-0.15, -0.1) is 0 Å². The lowest BCUT2D eigenvalue weighted by Gasteiger charge is -2.43. The zero-order valence-corrected chi connectivity index (χ0v) is 9.79. The van der Waals surface area contributed by atoms with E-state index in [-0.39, 0.29) is 18.1 Å². The zero-order chi connectivity index (χ0) is 11.5. The quantitative estimate of drug-likeness (QED) is 0.685. The average molecular weight is 224 g/mol. The molecule has 0 aromatic rings. The molecule has 1 amide bonds. The largest absolute Gasteiger partial charge is 0.352 e. The van der Waals surface area contributed by atoms with Gasteiger partial charge in [0, 0.05) is 6.04 Å². The van der Waals surface area contributed by atoms with Crippen molar-refractivity contribution >= 4 is 11.7 Å². The van der Waals surface area contributed by atoms with Crippen molar-refractivity contribution in [3.63, 3.8) is 0 Å². The Balaban J connectivity index is 1.92. The first-order valence-corrected chi connectivity index (χ1v) is 6.16. The Kier molecular flexibility index (Phi) is 3.59. The van der Waals surface area contributed by atoms with E-state index in [0.717, 1.165) is 13.1 Å². The molecule has 0 aromatic carbocycles. The molecule has 1 aliphatic heterocycles. The first-order valence-electron chi connectivity index (χ1n) is 6.16. The molecule has 16 heavy (non-hydrogen) atoms. The summed E-state index contributed by atoms with van der Waals surface area (Å²) in [5.74, 6) is 0.958. The molecule has 4 heteroatoms. The number of fused-ring (bicyclic) bond motifs is 2. The van der Waals surface area contributed by atoms with Crippen LogP contribution in [0.5, 0.6) is 0 Å². The third kappa shape index (κ3) is 2.61. The van der Waals surface area contributed by atoms with Crippen LogP contribution in [0, 0.1) is 11.8 Å². The Bertz CT molecular complexity index is 269. The number of hydrogen-bond acceptors (Lipinski definition) is 3. The summed E-state index contributed by atoms with van der Waals surface area (Å²) in [5.41, 5.74) is 0. The maximum absolute atomic E-state index is 11.6. The molecular weight excluding hydrogens is 204 g/mol. The van der Waals surface area contributed by atoms with E-state index in [4.69, 9.17) is 0 Å². The van der Waals surface area contributed by atoms with Crippen LogP contribution >= 0.6 is 0 Å². The van der Waals surface area contributed by atoms with Crippen LogP contribution in [0.2, 0.25) is 0 Å². The Morgan fingerprint density at radius 3 is 2.44 bits per heavy atom. The van der Waals surface area contributed by atoms with Crippen LogP contribution in [-0.4, -0.2) is 30.8 Å². The lowest BCUT2D eigenvalue weighted by Crippen LogP contribution is -2.57. The topological polar surface area (TPSA) is 58.2 Å². The highest BCUT2D eigenvalue weighted by molar-refractivity contribution is 5.96. The molecule has 2 aliphatic rings. The second kappa shape index (κ2) is 4.95. The Morgan fingerprint density at radius 1 is 1.25 bits per heavy atom. The van der Waals surface area contributed by atoms with Crippen LogP contribution in [0.15, 0.2) is 0 Å². The van der Waals surface area contributed by atoms with Crippen molar-refractivity contribution in [1.29, 1.82) is 0 Å². The average Bonchev–Trinajstić information content (AvgIpc) is 2.15. The second-order valence-corrected chi connectivity index (χ2v) is 5.08. The van der Waals surface area contributed by atoms with Crippen molar-refractivity contribution in [3.8, 4) is 0 Å². The van der Waals surface area contributed by atoms with Gasteiger partial charge in [-0.05, 0) is 44.7 Å². The third-order valence-corrected chi connectivity index (χ3v) is 3.72. The van der Waals surface area contributed by atoms with E-state index in [1.807, 2.05) is 0 Å². The van der Waals surface area contributed by atoms with Gasteiger partial charge in [0.2, 0.25) is 5.91 Å². The molecule has 2 rings (SSSR count). The summed E-state index contributed by atoms with van der Waals surface area (Å²) in [6, 6.07) is 0.293. The van der Waals surface area contributed by atoms with Gasteiger partial charge in [0.15, 0.2) is 0 Å². The summed E-state index contributed by atoms with van der Waals surface area (Å²) in [7, 11) is 0. The number of nitrogens with one attached hydrogen (secondary N) is 2. The summed E-state index contributed by atoms with van der Waals surface area (Å²) in [4.78, 5) is 22.5. The number of carbonyl (C=O) groups excluding carboxylic acids is 2. The minimum atomic E-state index is -0.101. The lowest BCUT2D eigenvalue weighted by molar-refractivity contribution is -0.128. The van der Waals surface area contributed by atoms with Gasteiger partial charge in [0.05, 0.1) is 6.42 Å². The molecular formula is C12H20N2O2. The van der Waals surface area contributed by atoms with Gasteiger partial charge in [-0.25, -0.2) is 0 Å².